The fourth-order valence-electron chi connectivity index (χ4n) is 2.67. The van der Waals surface area contributed by atoms with E-state index in [1.807, 2.05) is 24.3 Å². The van der Waals surface area contributed by atoms with Gasteiger partial charge in [-0.3, -0.25) is 4.90 Å². The van der Waals surface area contributed by atoms with E-state index in [0.717, 1.165) is 10.6 Å². The summed E-state index contributed by atoms with van der Waals surface area (Å²) in [4.78, 5) is 14.7. The molecular formula is C13H15NO4S2. The zero-order valence-electron chi connectivity index (χ0n) is 11.0. The van der Waals surface area contributed by atoms with Crippen LogP contribution in [0.5, 0.6) is 0 Å². The molecule has 2 aliphatic rings. The van der Waals surface area contributed by atoms with Crippen LogP contribution in [0.3, 0.4) is 0 Å². The van der Waals surface area contributed by atoms with Crippen molar-refractivity contribution in [3.8, 4) is 0 Å². The number of ether oxygens (including phenoxy) is 1. The third-order valence-corrected chi connectivity index (χ3v) is 6.78. The summed E-state index contributed by atoms with van der Waals surface area (Å²) in [6.07, 6.45) is -0.465. The number of carbonyl (C=O) groups excluding carboxylic acids is 1. The molecular weight excluding hydrogens is 298 g/mol. The number of fused-ring (bicyclic) bond motifs is 2. The van der Waals surface area contributed by atoms with Gasteiger partial charge in [0.25, 0.3) is 0 Å². The zero-order chi connectivity index (χ0) is 14.3. The summed E-state index contributed by atoms with van der Waals surface area (Å²) in [5.41, 5.74) is 0.745. The van der Waals surface area contributed by atoms with Gasteiger partial charge in [-0.05, 0) is 19.1 Å². The first-order valence-electron chi connectivity index (χ1n) is 6.44. The van der Waals surface area contributed by atoms with Gasteiger partial charge in [-0.1, -0.05) is 12.1 Å². The molecule has 0 aromatic heterocycles. The second-order valence-corrected chi connectivity index (χ2v) is 8.27. The highest BCUT2D eigenvalue weighted by molar-refractivity contribution is 8.02. The minimum absolute atomic E-state index is 0.0117. The summed E-state index contributed by atoms with van der Waals surface area (Å²) in [6, 6.07) is 7.14. The third kappa shape index (κ3) is 2.29. The Morgan fingerprint density at radius 1 is 1.40 bits per heavy atom. The molecule has 0 aliphatic carbocycles. The Bertz CT molecular complexity index is 644. The lowest BCUT2D eigenvalue weighted by molar-refractivity contribution is 0.157. The van der Waals surface area contributed by atoms with E-state index in [1.165, 1.54) is 4.90 Å². The minimum atomic E-state index is -3.10. The first kappa shape index (κ1) is 13.8. The molecule has 1 fully saturated rings. The smallest absolute Gasteiger partial charge is 0.414 e. The van der Waals surface area contributed by atoms with Crippen LogP contribution in [0, 0.1) is 0 Å². The van der Waals surface area contributed by atoms with Gasteiger partial charge in [0.1, 0.15) is 0 Å². The SMILES string of the molecule is CCOC(=O)N1c2ccccc2S[C@@H]2CS(=O)(=O)C[C@H]21. The van der Waals surface area contributed by atoms with Gasteiger partial charge in [0.05, 0.1) is 29.8 Å². The lowest BCUT2D eigenvalue weighted by Gasteiger charge is -2.36. The monoisotopic (exact) mass is 313 g/mol. The number of hydrogen-bond donors (Lipinski definition) is 0. The summed E-state index contributed by atoms with van der Waals surface area (Å²) in [5, 5.41) is -0.112. The molecule has 0 radical (unpaired) electrons. The predicted molar refractivity (Wildman–Crippen MR) is 78.0 cm³/mol. The summed E-state index contributed by atoms with van der Waals surface area (Å²) in [5.74, 6) is 0.129. The van der Waals surface area contributed by atoms with Crippen LogP contribution >= 0.6 is 11.8 Å². The predicted octanol–water partition coefficient (Wildman–Crippen LogP) is 1.92. The third-order valence-electron chi connectivity index (χ3n) is 3.47. The minimum Gasteiger partial charge on any atom is -0.449 e. The Labute approximate surface area is 122 Å². The second-order valence-electron chi connectivity index (χ2n) is 4.84. The van der Waals surface area contributed by atoms with Crippen LogP contribution in [0.1, 0.15) is 6.92 Å². The average molecular weight is 313 g/mol. The van der Waals surface area contributed by atoms with Crippen molar-refractivity contribution in [2.45, 2.75) is 23.1 Å². The molecule has 1 aromatic rings. The van der Waals surface area contributed by atoms with E-state index in [9.17, 15) is 13.2 Å². The van der Waals surface area contributed by atoms with Crippen molar-refractivity contribution in [3.63, 3.8) is 0 Å². The number of amides is 1. The number of anilines is 1. The lowest BCUT2D eigenvalue weighted by Crippen LogP contribution is -2.48. The molecule has 1 amide bonds. The van der Waals surface area contributed by atoms with Crippen LogP contribution in [-0.2, 0) is 14.6 Å². The van der Waals surface area contributed by atoms with Gasteiger partial charge in [0.15, 0.2) is 9.84 Å². The Morgan fingerprint density at radius 2 is 2.15 bits per heavy atom. The Morgan fingerprint density at radius 3 is 2.90 bits per heavy atom. The van der Waals surface area contributed by atoms with Crippen LogP contribution in [0.25, 0.3) is 0 Å². The Kier molecular flexibility index (Phi) is 3.41. The Balaban J connectivity index is 2.05. The molecule has 0 bridgehead atoms. The number of para-hydroxylation sites is 1. The van der Waals surface area contributed by atoms with E-state index >= 15 is 0 Å². The zero-order valence-corrected chi connectivity index (χ0v) is 12.6. The summed E-state index contributed by atoms with van der Waals surface area (Å²) < 4.78 is 28.9. The molecule has 1 aromatic carbocycles. The molecule has 0 N–H and O–H groups in total. The fraction of sp³-hybridized carbons (Fsp3) is 0.462. The first-order chi connectivity index (χ1) is 9.52. The Hall–Kier alpha value is -1.21. The van der Waals surface area contributed by atoms with Gasteiger partial charge < -0.3 is 4.74 Å². The number of sulfone groups is 1. The van der Waals surface area contributed by atoms with Crippen LogP contribution in [-0.4, -0.2) is 43.9 Å². The highest BCUT2D eigenvalue weighted by Gasteiger charge is 2.47. The highest BCUT2D eigenvalue weighted by atomic mass is 32.2. The van der Waals surface area contributed by atoms with Gasteiger partial charge in [-0.15, -0.1) is 11.8 Å². The number of hydrogen-bond acceptors (Lipinski definition) is 5. The van der Waals surface area contributed by atoms with Crippen molar-refractivity contribution < 1.29 is 17.9 Å². The largest absolute Gasteiger partial charge is 0.449 e. The van der Waals surface area contributed by atoms with Gasteiger partial charge >= 0.3 is 6.09 Å². The van der Waals surface area contributed by atoms with E-state index in [4.69, 9.17) is 4.74 Å². The van der Waals surface area contributed by atoms with Crippen molar-refractivity contribution in [2.75, 3.05) is 23.0 Å². The topological polar surface area (TPSA) is 63.7 Å². The second kappa shape index (κ2) is 4.96. The summed E-state index contributed by atoms with van der Waals surface area (Å²) >= 11 is 1.54. The number of rotatable bonds is 1. The van der Waals surface area contributed by atoms with E-state index in [2.05, 4.69) is 0 Å². The van der Waals surface area contributed by atoms with E-state index in [-0.39, 0.29) is 29.4 Å². The van der Waals surface area contributed by atoms with Crippen molar-refractivity contribution in [3.05, 3.63) is 24.3 Å². The number of nitrogens with zero attached hydrogens (tertiary/aromatic N) is 1. The molecule has 2 aliphatic heterocycles. The van der Waals surface area contributed by atoms with Crippen LogP contribution in [0.15, 0.2) is 29.2 Å². The molecule has 2 atom stereocenters. The van der Waals surface area contributed by atoms with Gasteiger partial charge in [0.2, 0.25) is 0 Å². The van der Waals surface area contributed by atoms with Crippen molar-refractivity contribution in [1.82, 2.24) is 0 Å². The van der Waals surface area contributed by atoms with Crippen LogP contribution < -0.4 is 4.90 Å². The molecule has 7 heteroatoms. The molecule has 20 heavy (non-hydrogen) atoms. The van der Waals surface area contributed by atoms with E-state index < -0.39 is 15.9 Å². The maximum absolute atomic E-state index is 12.2. The quantitative estimate of drug-likeness (QED) is 0.792. The first-order valence-corrected chi connectivity index (χ1v) is 9.14. The van der Waals surface area contributed by atoms with Crippen molar-refractivity contribution in [2.24, 2.45) is 0 Å². The highest BCUT2D eigenvalue weighted by Crippen LogP contribution is 2.45. The number of thioether (sulfide) groups is 1. The van der Waals surface area contributed by atoms with E-state index in [1.54, 1.807) is 18.7 Å². The van der Waals surface area contributed by atoms with Crippen molar-refractivity contribution >= 4 is 33.4 Å². The maximum Gasteiger partial charge on any atom is 0.414 e. The maximum atomic E-state index is 12.2. The standard InChI is InChI=1S/C13H15NO4S2/c1-2-18-13(15)14-9-5-3-4-6-11(9)19-12-8-20(16,17)7-10(12)14/h3-6,10,12H,2,7-8H2,1H3/t10-,12-/m1/s1. The lowest BCUT2D eigenvalue weighted by atomic mass is 10.2. The molecule has 3 rings (SSSR count). The molecule has 108 valence electrons. The number of benzene rings is 1. The van der Waals surface area contributed by atoms with Crippen LogP contribution in [0.4, 0.5) is 10.5 Å². The van der Waals surface area contributed by atoms with Crippen LogP contribution in [0.2, 0.25) is 0 Å². The fourth-order valence-corrected chi connectivity index (χ4v) is 6.60. The van der Waals surface area contributed by atoms with Gasteiger partial charge in [-0.2, -0.15) is 0 Å². The molecule has 0 unspecified atom stereocenters. The van der Waals surface area contributed by atoms with E-state index in [0.29, 0.717) is 0 Å². The molecule has 0 spiro atoms. The van der Waals surface area contributed by atoms with Gasteiger partial charge in [0, 0.05) is 10.1 Å². The number of carbonyl (C=O) groups is 1. The average Bonchev–Trinajstić information content (AvgIpc) is 2.69. The summed E-state index contributed by atoms with van der Waals surface area (Å²) in [7, 11) is -3.10. The molecule has 5 nitrogen and oxygen atoms in total. The molecule has 1 saturated heterocycles. The molecule has 2 heterocycles. The van der Waals surface area contributed by atoms with Crippen molar-refractivity contribution in [1.29, 1.82) is 0 Å². The summed E-state index contributed by atoms with van der Waals surface area (Å²) in [6.45, 7) is 2.01. The van der Waals surface area contributed by atoms with Gasteiger partial charge in [-0.25, -0.2) is 13.2 Å². The molecule has 0 saturated carbocycles. The normalized spacial score (nSPS) is 26.8.